The number of benzene rings is 4. The standard InChI is InChI=1S/C57H63N3OSi/c1-6-7-17-26-56-27-30-57(31-28-56,32-29-56)52-40-44(51(41-58)59-5)39-45(61-52)25-24-43-37-49-53-50(38-43)55(4,34-36-60(53)35-33-54(49,2)3)42-62(46-18-11-8-12-19-46,47-20-13-9-14-21-47)48-22-15-10-16-23-48/h8-16,18-25,37-40H,6-7,17,26-36,42H2,1-4H3. The molecule has 4 nitrogen and oxygen atoms in total. The van der Waals surface area contributed by atoms with Crippen LogP contribution in [-0.2, 0) is 15.6 Å². The van der Waals surface area contributed by atoms with E-state index in [1.54, 1.807) is 0 Å². The summed E-state index contributed by atoms with van der Waals surface area (Å²) in [6, 6.07) is 42.4. The molecule has 3 heterocycles. The maximum Gasteiger partial charge on any atom is 0.269 e. The van der Waals surface area contributed by atoms with E-state index in [0.29, 0.717) is 16.7 Å². The number of nitriles is 1. The first-order chi connectivity index (χ1) is 30.1. The Morgan fingerprint density at radius 3 is 1.90 bits per heavy atom. The van der Waals surface area contributed by atoms with Crippen molar-refractivity contribution in [2.45, 2.75) is 122 Å². The zero-order chi connectivity index (χ0) is 43.0. The van der Waals surface area contributed by atoms with E-state index in [1.807, 2.05) is 12.2 Å². The summed E-state index contributed by atoms with van der Waals surface area (Å²) in [5.74, 6) is 1.68. The highest BCUT2D eigenvalue weighted by molar-refractivity contribution is 7.11. The second-order valence-corrected chi connectivity index (χ2v) is 24.2. The summed E-state index contributed by atoms with van der Waals surface area (Å²) in [4.78, 5) is 6.37. The molecule has 0 saturated heterocycles. The fraction of sp³-hybridized carbons (Fsp3) is 0.404. The Bertz CT molecular complexity index is 2380. The van der Waals surface area contributed by atoms with Crippen molar-refractivity contribution >= 4 is 35.4 Å². The van der Waals surface area contributed by atoms with E-state index in [1.165, 1.54) is 82.9 Å². The molecule has 0 amide bonds. The third-order valence-corrected chi connectivity index (χ3v) is 21.5. The van der Waals surface area contributed by atoms with Gasteiger partial charge in [-0.15, -0.1) is 0 Å². The Labute approximate surface area is 372 Å². The quantitative estimate of drug-likeness (QED) is 0.0469. The van der Waals surface area contributed by atoms with E-state index in [4.69, 9.17) is 11.3 Å². The minimum Gasteiger partial charge on any atom is -0.461 e. The van der Waals surface area contributed by atoms with Crippen LogP contribution in [0.2, 0.25) is 6.04 Å². The Morgan fingerprint density at radius 2 is 1.34 bits per heavy atom. The maximum atomic E-state index is 10.1. The van der Waals surface area contributed by atoms with Gasteiger partial charge in [0.2, 0.25) is 0 Å². The van der Waals surface area contributed by atoms with Crippen LogP contribution >= 0.6 is 0 Å². The summed E-state index contributed by atoms with van der Waals surface area (Å²) in [5, 5.41) is 14.4. The topological polar surface area (TPSA) is 40.6 Å². The molecular formula is C57H63N3OSi. The first kappa shape index (κ1) is 42.0. The summed E-state index contributed by atoms with van der Waals surface area (Å²) >= 11 is 0. The third-order valence-electron chi connectivity index (χ3n) is 16.2. The molecule has 10 rings (SSSR count). The van der Waals surface area contributed by atoms with Crippen LogP contribution in [0.25, 0.3) is 10.9 Å². The van der Waals surface area contributed by atoms with E-state index in [0.717, 1.165) is 57.0 Å². The molecule has 4 aromatic carbocycles. The minimum atomic E-state index is -2.58. The molecule has 3 saturated carbocycles. The number of rotatable bonds is 12. The van der Waals surface area contributed by atoms with Crippen LogP contribution in [0.5, 0.6) is 0 Å². The van der Waals surface area contributed by atoms with Gasteiger partial charge >= 0.3 is 0 Å². The molecule has 2 bridgehead atoms. The van der Waals surface area contributed by atoms with E-state index in [-0.39, 0.29) is 21.9 Å². The van der Waals surface area contributed by atoms with Crippen molar-refractivity contribution in [2.75, 3.05) is 18.0 Å². The van der Waals surface area contributed by atoms with Gasteiger partial charge in [0.05, 0.1) is 12.6 Å². The molecule has 3 aliphatic carbocycles. The lowest BCUT2D eigenvalue weighted by molar-refractivity contribution is -0.0195. The number of anilines is 1. The highest BCUT2D eigenvalue weighted by atomic mass is 28.3. The normalized spacial score (nSPS) is 25.8. The summed E-state index contributed by atoms with van der Waals surface area (Å²) in [5.41, 5.74) is 6.68. The van der Waals surface area contributed by atoms with Gasteiger partial charge < -0.3 is 9.64 Å². The number of fused-ring (bicyclic) bond motifs is 3. The second kappa shape index (κ2) is 16.7. The molecule has 0 radical (unpaired) electrons. The SMILES string of the molecule is [C-]#[N+]C(C#N)=C1C=C(C=Cc2cc3c4c(c2)C(C)(C[Si](c2ccccc2)(c2ccccc2)c2ccccc2)CCN4CCC3(C)C)OC(C23CCC(CCCCC)(CC2)CC3)=C1. The molecule has 3 aliphatic heterocycles. The zero-order valence-electron chi connectivity index (χ0n) is 37.5. The first-order valence-corrected chi connectivity index (χ1v) is 25.7. The fourth-order valence-corrected chi connectivity index (χ4v) is 17.7. The van der Waals surface area contributed by atoms with Crippen LogP contribution in [0.1, 0.15) is 121 Å². The smallest absolute Gasteiger partial charge is 0.269 e. The summed E-state index contributed by atoms with van der Waals surface area (Å²) in [7, 11) is -2.58. The van der Waals surface area contributed by atoms with Gasteiger partial charge in [0, 0.05) is 24.2 Å². The van der Waals surface area contributed by atoms with E-state index < -0.39 is 8.07 Å². The largest absolute Gasteiger partial charge is 0.461 e. The average molecular weight is 834 g/mol. The number of hydrogen-bond acceptors (Lipinski definition) is 3. The van der Waals surface area contributed by atoms with Crippen LogP contribution in [-0.4, -0.2) is 21.2 Å². The minimum absolute atomic E-state index is 0.0200. The number of nitrogens with zero attached hydrogens (tertiary/aromatic N) is 3. The van der Waals surface area contributed by atoms with E-state index >= 15 is 0 Å². The molecule has 0 spiro atoms. The van der Waals surface area contributed by atoms with Gasteiger partial charge in [0.15, 0.2) is 0 Å². The molecular weight excluding hydrogens is 771 g/mol. The lowest BCUT2D eigenvalue weighted by Crippen LogP contribution is -2.69. The molecule has 316 valence electrons. The molecule has 3 fully saturated rings. The molecule has 0 aromatic heterocycles. The van der Waals surface area contributed by atoms with Gasteiger partial charge in [-0.3, -0.25) is 0 Å². The average Bonchev–Trinajstić information content (AvgIpc) is 3.31. The Balaban J connectivity index is 1.12. The molecule has 5 heteroatoms. The number of unbranched alkanes of at least 4 members (excludes halogenated alkanes) is 2. The lowest BCUT2D eigenvalue weighted by Gasteiger charge is -2.54. The Hall–Kier alpha value is -5.36. The molecule has 1 unspecified atom stereocenters. The van der Waals surface area contributed by atoms with Crippen molar-refractivity contribution in [3.63, 3.8) is 0 Å². The van der Waals surface area contributed by atoms with Crippen LogP contribution in [0.3, 0.4) is 0 Å². The summed E-state index contributed by atoms with van der Waals surface area (Å²) < 4.78 is 6.95. The predicted molar refractivity (Wildman–Crippen MR) is 259 cm³/mol. The maximum absolute atomic E-state index is 10.1. The second-order valence-electron chi connectivity index (χ2n) is 20.3. The van der Waals surface area contributed by atoms with Crippen molar-refractivity contribution in [1.29, 1.82) is 5.26 Å². The third kappa shape index (κ3) is 7.51. The predicted octanol–water partition coefficient (Wildman–Crippen LogP) is 12.4. The van der Waals surface area contributed by atoms with E-state index in [9.17, 15) is 5.26 Å². The van der Waals surface area contributed by atoms with Gasteiger partial charge in [-0.2, -0.15) is 0 Å². The molecule has 0 N–H and O–H groups in total. The lowest BCUT2D eigenvalue weighted by atomic mass is 9.52. The van der Waals surface area contributed by atoms with Gasteiger partial charge in [-0.25, -0.2) is 10.1 Å². The highest BCUT2D eigenvalue weighted by Crippen LogP contribution is 2.62. The van der Waals surface area contributed by atoms with Crippen molar-refractivity contribution in [3.8, 4) is 6.07 Å². The summed E-state index contributed by atoms with van der Waals surface area (Å²) in [6.45, 7) is 19.7. The van der Waals surface area contributed by atoms with Crippen molar-refractivity contribution in [3.05, 3.63) is 172 Å². The number of allylic oxidation sites excluding steroid dienone is 6. The number of ether oxygens (including phenoxy) is 1. The zero-order valence-corrected chi connectivity index (χ0v) is 38.5. The molecule has 62 heavy (non-hydrogen) atoms. The fourth-order valence-electron chi connectivity index (χ4n) is 12.3. The van der Waals surface area contributed by atoms with Gasteiger partial charge in [0.25, 0.3) is 5.70 Å². The molecule has 6 aliphatic rings. The van der Waals surface area contributed by atoms with Crippen LogP contribution in [0, 0.1) is 28.7 Å². The van der Waals surface area contributed by atoms with Gasteiger partial charge in [-0.1, -0.05) is 144 Å². The van der Waals surface area contributed by atoms with Crippen molar-refractivity contribution < 1.29 is 4.74 Å². The Kier molecular flexibility index (Phi) is 11.3. The first-order valence-electron chi connectivity index (χ1n) is 23.5. The highest BCUT2D eigenvalue weighted by Gasteiger charge is 2.52. The van der Waals surface area contributed by atoms with Gasteiger partial charge in [0.1, 0.15) is 19.6 Å². The van der Waals surface area contributed by atoms with Crippen molar-refractivity contribution in [2.24, 2.45) is 10.8 Å². The number of hydrogen-bond donors (Lipinski definition) is 0. The van der Waals surface area contributed by atoms with Crippen molar-refractivity contribution in [1.82, 2.24) is 0 Å². The summed E-state index contributed by atoms with van der Waals surface area (Å²) in [6.07, 6.45) is 22.9. The van der Waals surface area contributed by atoms with E-state index in [2.05, 4.69) is 159 Å². The monoisotopic (exact) mass is 833 g/mol. The van der Waals surface area contributed by atoms with Crippen LogP contribution < -0.4 is 20.5 Å². The molecule has 4 aromatic rings. The van der Waals surface area contributed by atoms with Crippen LogP contribution in [0.15, 0.2) is 144 Å². The van der Waals surface area contributed by atoms with Gasteiger partial charge in [-0.05, 0) is 148 Å². The van der Waals surface area contributed by atoms with Crippen LogP contribution in [0.4, 0.5) is 5.69 Å². The molecule has 1 atom stereocenters. The Morgan fingerprint density at radius 1 is 0.758 bits per heavy atom.